The van der Waals surface area contributed by atoms with Gasteiger partial charge in [0.2, 0.25) is 0 Å². The van der Waals surface area contributed by atoms with Crippen molar-refractivity contribution in [3.8, 4) is 0 Å². The molecule has 2 aromatic rings. The fraction of sp³-hybridized carbons (Fsp3) is 0.143. The molecule has 0 spiro atoms. The van der Waals surface area contributed by atoms with Gasteiger partial charge < -0.3 is 15.5 Å². The molecule has 0 aliphatic heterocycles. The van der Waals surface area contributed by atoms with Gasteiger partial charge in [-0.3, -0.25) is 4.52 Å². The van der Waals surface area contributed by atoms with Crippen LogP contribution in [0.4, 0.5) is 5.69 Å². The van der Waals surface area contributed by atoms with E-state index in [0.29, 0.717) is 16.8 Å². The molecule has 0 saturated heterocycles. The van der Waals surface area contributed by atoms with Crippen molar-refractivity contribution in [1.29, 1.82) is 0 Å². The lowest BCUT2D eigenvalue weighted by Gasteiger charge is -2.31. The first kappa shape index (κ1) is 14.8. The second-order valence-electron chi connectivity index (χ2n) is 4.61. The molecule has 1 atom stereocenters. The monoisotopic (exact) mass is 293 g/mol. The number of phosphoric ester groups is 1. The van der Waals surface area contributed by atoms with E-state index in [1.807, 2.05) is 6.07 Å². The summed E-state index contributed by atoms with van der Waals surface area (Å²) < 4.78 is 16.4. The first-order chi connectivity index (χ1) is 9.31. The van der Waals surface area contributed by atoms with Crippen LogP contribution in [0.5, 0.6) is 0 Å². The molecule has 0 saturated carbocycles. The van der Waals surface area contributed by atoms with Crippen LogP contribution in [0.25, 0.3) is 0 Å². The van der Waals surface area contributed by atoms with Crippen LogP contribution < -0.4 is 5.73 Å². The van der Waals surface area contributed by atoms with Gasteiger partial charge in [0.05, 0.1) is 0 Å². The number of nitrogen functional groups attached to an aromatic ring is 1. The van der Waals surface area contributed by atoms with E-state index in [1.54, 1.807) is 55.5 Å². The summed E-state index contributed by atoms with van der Waals surface area (Å²) in [6.07, 6.45) is 0. The second kappa shape index (κ2) is 5.38. The number of rotatable bonds is 4. The Bertz CT molecular complexity index is 641. The van der Waals surface area contributed by atoms with Crippen molar-refractivity contribution < 1.29 is 18.9 Å². The zero-order valence-electron chi connectivity index (χ0n) is 10.9. The zero-order valence-corrected chi connectivity index (χ0v) is 11.8. The molecule has 0 heterocycles. The minimum Gasteiger partial charge on any atom is -0.399 e. The predicted molar refractivity (Wildman–Crippen MR) is 76.9 cm³/mol. The van der Waals surface area contributed by atoms with Crippen LogP contribution >= 0.6 is 7.82 Å². The molecule has 0 fully saturated rings. The molecule has 5 nitrogen and oxygen atoms in total. The van der Waals surface area contributed by atoms with Crippen LogP contribution in [0.3, 0.4) is 0 Å². The smallest absolute Gasteiger partial charge is 0.399 e. The van der Waals surface area contributed by atoms with Gasteiger partial charge in [0.25, 0.3) is 0 Å². The molecule has 0 aromatic heterocycles. The lowest BCUT2D eigenvalue weighted by atomic mass is 9.88. The molecule has 106 valence electrons. The van der Waals surface area contributed by atoms with E-state index in [0.717, 1.165) is 0 Å². The van der Waals surface area contributed by atoms with Crippen LogP contribution in [0.1, 0.15) is 18.1 Å². The van der Waals surface area contributed by atoms with Crippen molar-refractivity contribution >= 4 is 13.5 Å². The molecule has 2 aromatic carbocycles. The molecule has 0 bridgehead atoms. The number of benzene rings is 2. The summed E-state index contributed by atoms with van der Waals surface area (Å²) >= 11 is 0. The van der Waals surface area contributed by atoms with E-state index >= 15 is 0 Å². The summed E-state index contributed by atoms with van der Waals surface area (Å²) in [6.45, 7) is 1.61. The topological polar surface area (TPSA) is 92.8 Å². The van der Waals surface area contributed by atoms with Crippen LogP contribution in [-0.2, 0) is 14.7 Å². The van der Waals surface area contributed by atoms with Crippen molar-refractivity contribution in [3.63, 3.8) is 0 Å². The maximum atomic E-state index is 11.3. The van der Waals surface area contributed by atoms with Gasteiger partial charge in [0, 0.05) is 5.69 Å². The van der Waals surface area contributed by atoms with Crippen LogP contribution in [0, 0.1) is 0 Å². The predicted octanol–water partition coefficient (Wildman–Crippen LogP) is 2.64. The van der Waals surface area contributed by atoms with Crippen molar-refractivity contribution in [1.82, 2.24) is 0 Å². The lowest BCUT2D eigenvalue weighted by molar-refractivity contribution is 0.0809. The molecule has 0 amide bonds. The largest absolute Gasteiger partial charge is 0.470 e. The highest BCUT2D eigenvalue weighted by Crippen LogP contribution is 2.48. The van der Waals surface area contributed by atoms with Crippen LogP contribution in [0.15, 0.2) is 54.6 Å². The summed E-state index contributed by atoms with van der Waals surface area (Å²) in [4.78, 5) is 18.4. The highest BCUT2D eigenvalue weighted by atomic mass is 31.2. The van der Waals surface area contributed by atoms with E-state index in [-0.39, 0.29) is 0 Å². The molecule has 0 aliphatic rings. The summed E-state index contributed by atoms with van der Waals surface area (Å²) in [5, 5.41) is 0. The van der Waals surface area contributed by atoms with E-state index in [4.69, 9.17) is 10.3 Å². The van der Waals surface area contributed by atoms with Gasteiger partial charge in [-0.2, -0.15) is 0 Å². The SMILES string of the molecule is CC(OP(=O)(O)O)(c1ccccc1)c1cccc(N)c1. The second-order valence-corrected chi connectivity index (χ2v) is 5.77. The van der Waals surface area contributed by atoms with E-state index in [2.05, 4.69) is 0 Å². The normalized spacial score (nSPS) is 14.8. The van der Waals surface area contributed by atoms with E-state index in [1.165, 1.54) is 0 Å². The summed E-state index contributed by atoms with van der Waals surface area (Å²) in [5.41, 5.74) is 6.17. The maximum absolute atomic E-state index is 11.3. The quantitative estimate of drug-likeness (QED) is 0.595. The Morgan fingerprint density at radius 1 is 1.05 bits per heavy atom. The van der Waals surface area contributed by atoms with Gasteiger partial charge in [-0.1, -0.05) is 42.5 Å². The third kappa shape index (κ3) is 3.26. The zero-order chi connectivity index (χ0) is 14.8. The average molecular weight is 293 g/mol. The van der Waals surface area contributed by atoms with Crippen molar-refractivity contribution in [2.75, 3.05) is 5.73 Å². The molecule has 0 aliphatic carbocycles. The van der Waals surface area contributed by atoms with Gasteiger partial charge in [-0.15, -0.1) is 0 Å². The Kier molecular flexibility index (Phi) is 3.97. The fourth-order valence-electron chi connectivity index (χ4n) is 2.10. The number of nitrogens with two attached hydrogens (primary N) is 1. The van der Waals surface area contributed by atoms with Crippen LogP contribution in [-0.4, -0.2) is 9.79 Å². The number of hydrogen-bond donors (Lipinski definition) is 3. The van der Waals surface area contributed by atoms with Gasteiger partial charge >= 0.3 is 7.82 Å². The third-order valence-electron chi connectivity index (χ3n) is 3.06. The third-order valence-corrected chi connectivity index (χ3v) is 3.67. The Balaban J connectivity index is 2.58. The lowest BCUT2D eigenvalue weighted by Crippen LogP contribution is -2.26. The molecular weight excluding hydrogens is 277 g/mol. The molecule has 20 heavy (non-hydrogen) atoms. The van der Waals surface area contributed by atoms with E-state index in [9.17, 15) is 14.4 Å². The number of hydrogen-bond acceptors (Lipinski definition) is 3. The molecule has 4 N–H and O–H groups in total. The van der Waals surface area contributed by atoms with Gasteiger partial charge in [0.15, 0.2) is 0 Å². The highest BCUT2D eigenvalue weighted by Gasteiger charge is 2.37. The van der Waals surface area contributed by atoms with Gasteiger partial charge in [-0.05, 0) is 30.2 Å². The minimum atomic E-state index is -4.67. The summed E-state index contributed by atoms with van der Waals surface area (Å²) in [7, 11) is -4.67. The number of anilines is 1. The Hall–Kier alpha value is -1.65. The first-order valence-electron chi connectivity index (χ1n) is 5.99. The molecule has 6 heteroatoms. The van der Waals surface area contributed by atoms with Crippen molar-refractivity contribution in [3.05, 3.63) is 65.7 Å². The highest BCUT2D eigenvalue weighted by molar-refractivity contribution is 7.46. The molecule has 0 radical (unpaired) electrons. The fourth-order valence-corrected chi connectivity index (χ4v) is 2.79. The summed E-state index contributed by atoms with van der Waals surface area (Å²) in [6, 6.07) is 15.7. The van der Waals surface area contributed by atoms with Crippen molar-refractivity contribution in [2.45, 2.75) is 12.5 Å². The van der Waals surface area contributed by atoms with Gasteiger partial charge in [0.1, 0.15) is 5.60 Å². The average Bonchev–Trinajstić information content (AvgIpc) is 2.38. The summed E-state index contributed by atoms with van der Waals surface area (Å²) in [5.74, 6) is 0. The van der Waals surface area contributed by atoms with E-state index < -0.39 is 13.4 Å². The standard InChI is InChI=1S/C14H16NO4P/c1-14(19-20(16,17)18,11-6-3-2-4-7-11)12-8-5-9-13(15)10-12/h2-10H,15H2,1H3,(H2,16,17,18). The Morgan fingerprint density at radius 2 is 1.65 bits per heavy atom. The Morgan fingerprint density at radius 3 is 2.20 bits per heavy atom. The maximum Gasteiger partial charge on any atom is 0.470 e. The van der Waals surface area contributed by atoms with Crippen LogP contribution in [0.2, 0.25) is 0 Å². The minimum absolute atomic E-state index is 0.499. The molecule has 2 rings (SSSR count). The Labute approximate surface area is 117 Å². The number of phosphoric acid groups is 1. The first-order valence-corrected chi connectivity index (χ1v) is 7.52. The molecule has 1 unspecified atom stereocenters. The molecular formula is C14H16NO4P. The van der Waals surface area contributed by atoms with Crippen molar-refractivity contribution in [2.24, 2.45) is 0 Å². The van der Waals surface area contributed by atoms with Gasteiger partial charge in [-0.25, -0.2) is 4.57 Å².